The summed E-state index contributed by atoms with van der Waals surface area (Å²) >= 11 is 0. The molecule has 6 heteroatoms. The van der Waals surface area contributed by atoms with Crippen LogP contribution in [0.3, 0.4) is 0 Å². The van der Waals surface area contributed by atoms with Gasteiger partial charge in [-0.15, -0.1) is 0 Å². The Hall–Kier alpha value is -3.20. The van der Waals surface area contributed by atoms with E-state index in [1.165, 1.54) is 0 Å². The van der Waals surface area contributed by atoms with Crippen molar-refractivity contribution in [1.29, 1.82) is 5.26 Å². The van der Waals surface area contributed by atoms with Gasteiger partial charge >= 0.3 is 0 Å². The SMILES string of the molecule is COc1cc(-c2cccc(NC(=O)CC#N)c2)cc(OC)c1OC. The van der Waals surface area contributed by atoms with Crippen LogP contribution in [0, 0.1) is 11.3 Å². The Bertz CT molecular complexity index is 756. The molecule has 0 aliphatic heterocycles. The number of nitrogens with one attached hydrogen (secondary N) is 1. The number of nitrogens with zero attached hydrogens (tertiary/aromatic N) is 1. The molecule has 0 spiro atoms. The lowest BCUT2D eigenvalue weighted by atomic mass is 10.0. The van der Waals surface area contributed by atoms with Crippen LogP contribution in [0.2, 0.25) is 0 Å². The lowest BCUT2D eigenvalue weighted by Gasteiger charge is -2.14. The molecule has 6 nitrogen and oxygen atoms in total. The van der Waals surface area contributed by atoms with Crippen molar-refractivity contribution in [2.75, 3.05) is 26.6 Å². The van der Waals surface area contributed by atoms with Crippen LogP contribution in [0.1, 0.15) is 6.42 Å². The Morgan fingerprint density at radius 2 is 1.71 bits per heavy atom. The van der Waals surface area contributed by atoms with Crippen molar-refractivity contribution in [3.63, 3.8) is 0 Å². The average Bonchev–Trinajstić information content (AvgIpc) is 2.60. The van der Waals surface area contributed by atoms with E-state index in [1.807, 2.05) is 36.4 Å². The first-order valence-electron chi connectivity index (χ1n) is 7.20. The third-order valence-corrected chi connectivity index (χ3v) is 3.38. The predicted molar refractivity (Wildman–Crippen MR) is 90.4 cm³/mol. The number of carbonyl (C=O) groups is 1. The highest BCUT2D eigenvalue weighted by Gasteiger charge is 2.14. The summed E-state index contributed by atoms with van der Waals surface area (Å²) in [5.74, 6) is 1.26. The second kappa shape index (κ2) is 7.88. The highest BCUT2D eigenvalue weighted by Crippen LogP contribution is 2.41. The largest absolute Gasteiger partial charge is 0.493 e. The Labute approximate surface area is 140 Å². The molecular formula is C18H18N2O4. The van der Waals surface area contributed by atoms with Crippen LogP contribution in [0.5, 0.6) is 17.2 Å². The van der Waals surface area contributed by atoms with Crippen molar-refractivity contribution in [1.82, 2.24) is 0 Å². The van der Waals surface area contributed by atoms with E-state index in [4.69, 9.17) is 19.5 Å². The van der Waals surface area contributed by atoms with Gasteiger partial charge in [0.1, 0.15) is 6.42 Å². The molecule has 0 atom stereocenters. The van der Waals surface area contributed by atoms with Gasteiger partial charge in [-0.05, 0) is 35.4 Å². The number of hydrogen-bond donors (Lipinski definition) is 1. The lowest BCUT2D eigenvalue weighted by Crippen LogP contribution is -2.09. The second-order valence-corrected chi connectivity index (χ2v) is 4.88. The quantitative estimate of drug-likeness (QED) is 0.881. The zero-order valence-electron chi connectivity index (χ0n) is 13.8. The van der Waals surface area contributed by atoms with Crippen LogP contribution < -0.4 is 19.5 Å². The van der Waals surface area contributed by atoms with E-state index in [0.717, 1.165) is 11.1 Å². The minimum atomic E-state index is -0.348. The molecule has 0 aliphatic carbocycles. The van der Waals surface area contributed by atoms with E-state index in [1.54, 1.807) is 27.4 Å². The topological polar surface area (TPSA) is 80.6 Å². The van der Waals surface area contributed by atoms with Crippen LogP contribution in [0.4, 0.5) is 5.69 Å². The van der Waals surface area contributed by atoms with Gasteiger partial charge < -0.3 is 19.5 Å². The number of benzene rings is 2. The van der Waals surface area contributed by atoms with Crippen molar-refractivity contribution in [3.8, 4) is 34.4 Å². The van der Waals surface area contributed by atoms with Crippen LogP contribution in [0.25, 0.3) is 11.1 Å². The van der Waals surface area contributed by atoms with E-state index in [9.17, 15) is 4.79 Å². The zero-order valence-corrected chi connectivity index (χ0v) is 13.8. The Kier molecular flexibility index (Phi) is 5.63. The fourth-order valence-corrected chi connectivity index (χ4v) is 2.30. The number of nitriles is 1. The van der Waals surface area contributed by atoms with E-state index in [0.29, 0.717) is 22.9 Å². The van der Waals surface area contributed by atoms with Gasteiger partial charge in [-0.3, -0.25) is 4.79 Å². The number of rotatable bonds is 6. The molecule has 0 aromatic heterocycles. The van der Waals surface area contributed by atoms with Gasteiger partial charge in [0.05, 0.1) is 27.4 Å². The number of anilines is 1. The van der Waals surface area contributed by atoms with Crippen molar-refractivity contribution in [2.45, 2.75) is 6.42 Å². The highest BCUT2D eigenvalue weighted by molar-refractivity contribution is 5.92. The molecule has 124 valence electrons. The summed E-state index contributed by atoms with van der Waals surface area (Å²) in [4.78, 5) is 11.6. The lowest BCUT2D eigenvalue weighted by molar-refractivity contribution is -0.115. The van der Waals surface area contributed by atoms with E-state index >= 15 is 0 Å². The summed E-state index contributed by atoms with van der Waals surface area (Å²) in [5, 5.41) is 11.2. The predicted octanol–water partition coefficient (Wildman–Crippen LogP) is 3.23. The third kappa shape index (κ3) is 3.76. The Balaban J connectivity index is 2.41. The minimum absolute atomic E-state index is 0.186. The molecule has 2 aromatic rings. The summed E-state index contributed by atoms with van der Waals surface area (Å²) < 4.78 is 16.0. The first kappa shape index (κ1) is 17.2. The third-order valence-electron chi connectivity index (χ3n) is 3.38. The molecule has 0 fully saturated rings. The van der Waals surface area contributed by atoms with E-state index < -0.39 is 0 Å². The molecule has 0 bridgehead atoms. The van der Waals surface area contributed by atoms with Gasteiger partial charge in [-0.1, -0.05) is 12.1 Å². The van der Waals surface area contributed by atoms with Crippen molar-refractivity contribution < 1.29 is 19.0 Å². The maximum atomic E-state index is 11.6. The fraction of sp³-hybridized carbons (Fsp3) is 0.222. The van der Waals surface area contributed by atoms with Gasteiger partial charge in [-0.25, -0.2) is 0 Å². The maximum absolute atomic E-state index is 11.6. The molecule has 0 aliphatic rings. The standard InChI is InChI=1S/C18H18N2O4/c1-22-15-10-13(11-16(23-2)18(15)24-3)12-5-4-6-14(9-12)20-17(21)7-8-19/h4-6,9-11H,7H2,1-3H3,(H,20,21). The maximum Gasteiger partial charge on any atom is 0.238 e. The van der Waals surface area contributed by atoms with E-state index in [-0.39, 0.29) is 12.3 Å². The van der Waals surface area contributed by atoms with Gasteiger partial charge in [0, 0.05) is 5.69 Å². The summed E-state index contributed by atoms with van der Waals surface area (Å²) in [6, 6.07) is 12.8. The summed E-state index contributed by atoms with van der Waals surface area (Å²) in [6.45, 7) is 0. The number of methoxy groups -OCH3 is 3. The molecule has 0 saturated heterocycles. The molecule has 0 unspecified atom stereocenters. The highest BCUT2D eigenvalue weighted by atomic mass is 16.5. The smallest absolute Gasteiger partial charge is 0.238 e. The molecule has 0 heterocycles. The molecular weight excluding hydrogens is 308 g/mol. The van der Waals surface area contributed by atoms with E-state index in [2.05, 4.69) is 5.32 Å². The van der Waals surface area contributed by atoms with Gasteiger partial charge in [0.25, 0.3) is 0 Å². The van der Waals surface area contributed by atoms with Gasteiger partial charge in [0.15, 0.2) is 11.5 Å². The molecule has 0 radical (unpaired) electrons. The van der Waals surface area contributed by atoms with Crippen LogP contribution >= 0.6 is 0 Å². The monoisotopic (exact) mass is 326 g/mol. The summed E-state index contributed by atoms with van der Waals surface area (Å²) in [6.07, 6.45) is -0.186. The normalized spacial score (nSPS) is 9.75. The van der Waals surface area contributed by atoms with Crippen molar-refractivity contribution in [3.05, 3.63) is 36.4 Å². The van der Waals surface area contributed by atoms with Crippen molar-refractivity contribution >= 4 is 11.6 Å². The number of amides is 1. The van der Waals surface area contributed by atoms with Crippen LogP contribution in [0.15, 0.2) is 36.4 Å². The van der Waals surface area contributed by atoms with Gasteiger partial charge in [0.2, 0.25) is 11.7 Å². The number of hydrogen-bond acceptors (Lipinski definition) is 5. The number of carbonyl (C=O) groups excluding carboxylic acids is 1. The minimum Gasteiger partial charge on any atom is -0.493 e. The summed E-state index contributed by atoms with van der Waals surface area (Å²) in [7, 11) is 4.66. The number of ether oxygens (including phenoxy) is 3. The molecule has 24 heavy (non-hydrogen) atoms. The molecule has 1 N–H and O–H groups in total. The fourth-order valence-electron chi connectivity index (χ4n) is 2.30. The Morgan fingerprint density at radius 3 is 2.25 bits per heavy atom. The average molecular weight is 326 g/mol. The molecule has 0 saturated carbocycles. The van der Waals surface area contributed by atoms with Gasteiger partial charge in [-0.2, -0.15) is 5.26 Å². The first-order valence-corrected chi connectivity index (χ1v) is 7.20. The molecule has 1 amide bonds. The Morgan fingerprint density at radius 1 is 1.04 bits per heavy atom. The van der Waals surface area contributed by atoms with Crippen LogP contribution in [-0.2, 0) is 4.79 Å². The second-order valence-electron chi connectivity index (χ2n) is 4.88. The zero-order chi connectivity index (χ0) is 17.5. The molecule has 2 rings (SSSR count). The first-order chi connectivity index (χ1) is 11.6. The van der Waals surface area contributed by atoms with Crippen LogP contribution in [-0.4, -0.2) is 27.2 Å². The summed E-state index contributed by atoms with van der Waals surface area (Å²) in [5.41, 5.74) is 2.33. The molecule has 2 aromatic carbocycles. The van der Waals surface area contributed by atoms with Crippen molar-refractivity contribution in [2.24, 2.45) is 0 Å².